The summed E-state index contributed by atoms with van der Waals surface area (Å²) in [6.45, 7) is 1.07. The topological polar surface area (TPSA) is 122 Å². The number of alkyl halides is 2. The van der Waals surface area contributed by atoms with E-state index in [1.807, 2.05) is 0 Å². The van der Waals surface area contributed by atoms with Gasteiger partial charge in [-0.15, -0.1) is 0 Å². The van der Waals surface area contributed by atoms with Crippen molar-refractivity contribution in [3.63, 3.8) is 0 Å². The van der Waals surface area contributed by atoms with Gasteiger partial charge in [0.1, 0.15) is 23.3 Å². The van der Waals surface area contributed by atoms with Crippen LogP contribution < -0.4 is 10.2 Å². The minimum absolute atomic E-state index is 0.0467. The Labute approximate surface area is 236 Å². The van der Waals surface area contributed by atoms with E-state index in [-0.39, 0.29) is 43.5 Å². The molecule has 1 aromatic heterocycles. The molecule has 230 valence electrons. The second-order valence-electron chi connectivity index (χ2n) is 10.8. The third kappa shape index (κ3) is 7.04. The normalized spacial score (nSPS) is 25.0. The van der Waals surface area contributed by atoms with Crippen molar-refractivity contribution in [1.29, 1.82) is 5.26 Å². The van der Waals surface area contributed by atoms with Crippen LogP contribution in [0.5, 0.6) is 0 Å². The van der Waals surface area contributed by atoms with Crippen LogP contribution in [0, 0.1) is 11.5 Å². The number of hydrogen-bond donors (Lipinski definition) is 2. The minimum Gasteiger partial charge on any atom is -0.388 e. The molecule has 2 heterocycles. The van der Waals surface area contributed by atoms with Crippen LogP contribution in [-0.2, 0) is 9.59 Å². The van der Waals surface area contributed by atoms with Gasteiger partial charge in [0.15, 0.2) is 6.19 Å². The molecule has 2 fully saturated rings. The number of likely N-dealkylation sites (tertiary alicyclic amines) is 1. The van der Waals surface area contributed by atoms with E-state index in [1.54, 1.807) is 6.19 Å². The summed E-state index contributed by atoms with van der Waals surface area (Å²) in [5.41, 5.74) is -2.00. The van der Waals surface area contributed by atoms with E-state index in [2.05, 4.69) is 15.3 Å². The fraction of sp³-hybridized carbons (Fsp3) is 0.480. The standard InChI is InChI=1S/C25H27F7N6O3S/c1-24(41)10-20(37(13-24)14-33)23(40)38(18-2-4-19(5-3-18)42(28,29,30,31)32)21(16-11-34-15-35-12-16)22(39)36-17-6-8-25(26,27)9-7-17/h2-5,11-12,15,17,20-21,41H,6-10,13H2,1H3,(H,36,39)/t20-,21?,24-/m1/s1. The Bertz CT molecular complexity index is 1380. The maximum Gasteiger partial charge on any atom is 0.310 e. The predicted molar refractivity (Wildman–Crippen MR) is 137 cm³/mol. The first kappa shape index (κ1) is 31.3. The lowest BCUT2D eigenvalue weighted by Gasteiger charge is -2.41. The summed E-state index contributed by atoms with van der Waals surface area (Å²) in [4.78, 5) is 34.9. The number of hydrogen-bond acceptors (Lipinski definition) is 7. The molecule has 1 unspecified atom stereocenters. The monoisotopic (exact) mass is 624 g/mol. The number of rotatable bonds is 7. The van der Waals surface area contributed by atoms with Crippen molar-refractivity contribution < 1.29 is 42.9 Å². The molecule has 1 saturated carbocycles. The average Bonchev–Trinajstić information content (AvgIpc) is 3.22. The quantitative estimate of drug-likeness (QED) is 0.321. The zero-order valence-electron chi connectivity index (χ0n) is 22.1. The van der Waals surface area contributed by atoms with E-state index in [0.29, 0.717) is 12.1 Å². The van der Waals surface area contributed by atoms with Gasteiger partial charge in [-0.05, 0) is 44.0 Å². The molecule has 1 aliphatic heterocycles. The number of amides is 2. The molecular weight excluding hydrogens is 597 g/mol. The Hall–Kier alpha value is -3.65. The number of carbonyl (C=O) groups excluding carboxylic acids is 2. The van der Waals surface area contributed by atoms with E-state index in [4.69, 9.17) is 0 Å². The van der Waals surface area contributed by atoms with Gasteiger partial charge in [0.05, 0.1) is 12.1 Å². The molecule has 1 saturated heterocycles. The number of aromatic nitrogens is 2. The molecule has 0 radical (unpaired) electrons. The van der Waals surface area contributed by atoms with Gasteiger partial charge in [-0.25, -0.2) is 18.7 Å². The highest BCUT2D eigenvalue weighted by Gasteiger charge is 2.65. The number of nitrogens with zero attached hydrogens (tertiary/aromatic N) is 5. The lowest BCUT2D eigenvalue weighted by atomic mass is 9.91. The van der Waals surface area contributed by atoms with Crippen LogP contribution in [-0.4, -0.2) is 61.9 Å². The summed E-state index contributed by atoms with van der Waals surface area (Å²) in [5, 5.41) is 22.7. The van der Waals surface area contributed by atoms with Crippen molar-refractivity contribution in [2.24, 2.45) is 0 Å². The van der Waals surface area contributed by atoms with Gasteiger partial charge >= 0.3 is 10.2 Å². The lowest BCUT2D eigenvalue weighted by molar-refractivity contribution is -0.129. The molecule has 42 heavy (non-hydrogen) atoms. The lowest BCUT2D eigenvalue weighted by Crippen LogP contribution is -2.52. The van der Waals surface area contributed by atoms with E-state index in [1.165, 1.54) is 6.92 Å². The Kier molecular flexibility index (Phi) is 7.43. The second-order valence-corrected chi connectivity index (χ2v) is 13.2. The van der Waals surface area contributed by atoms with Gasteiger partial charge in [0.2, 0.25) is 11.8 Å². The molecule has 4 rings (SSSR count). The maximum absolute atomic E-state index is 14.0. The largest absolute Gasteiger partial charge is 0.388 e. The Morgan fingerprint density at radius 1 is 1.12 bits per heavy atom. The van der Waals surface area contributed by atoms with Gasteiger partial charge in [0.25, 0.3) is 5.91 Å². The summed E-state index contributed by atoms with van der Waals surface area (Å²) >= 11 is 0. The van der Waals surface area contributed by atoms with Crippen LogP contribution in [0.3, 0.4) is 0 Å². The molecule has 1 aromatic carbocycles. The van der Waals surface area contributed by atoms with Crippen molar-refractivity contribution in [2.45, 2.75) is 73.6 Å². The van der Waals surface area contributed by atoms with Crippen LogP contribution in [0.4, 0.5) is 33.9 Å². The van der Waals surface area contributed by atoms with Gasteiger partial charge in [-0.1, -0.05) is 19.4 Å². The third-order valence-corrected chi connectivity index (χ3v) is 8.36. The highest BCUT2D eigenvalue weighted by molar-refractivity contribution is 8.45. The highest BCUT2D eigenvalue weighted by Crippen LogP contribution is 3.02. The van der Waals surface area contributed by atoms with E-state index in [9.17, 15) is 48.2 Å². The van der Waals surface area contributed by atoms with Crippen molar-refractivity contribution in [3.05, 3.63) is 48.5 Å². The van der Waals surface area contributed by atoms with Crippen LogP contribution in [0.1, 0.15) is 50.6 Å². The third-order valence-electron chi connectivity index (χ3n) is 7.20. The molecule has 3 atom stereocenters. The Balaban J connectivity index is 1.81. The first-order chi connectivity index (χ1) is 19.2. The summed E-state index contributed by atoms with van der Waals surface area (Å²) in [5.74, 6) is -4.87. The zero-order chi connectivity index (χ0) is 31.2. The van der Waals surface area contributed by atoms with E-state index in [0.717, 1.165) is 28.5 Å². The van der Waals surface area contributed by atoms with Crippen molar-refractivity contribution in [1.82, 2.24) is 20.2 Å². The molecule has 2 aromatic rings. The number of carbonyl (C=O) groups is 2. The number of nitriles is 1. The second kappa shape index (κ2) is 9.97. The number of nitrogens with one attached hydrogen (secondary N) is 1. The molecule has 2 N–H and O–H groups in total. The van der Waals surface area contributed by atoms with Crippen LogP contribution in [0.25, 0.3) is 0 Å². The Morgan fingerprint density at radius 3 is 2.21 bits per heavy atom. The van der Waals surface area contributed by atoms with Gasteiger partial charge in [0, 0.05) is 48.9 Å². The molecule has 2 aliphatic rings. The van der Waals surface area contributed by atoms with Gasteiger partial charge < -0.3 is 10.4 Å². The summed E-state index contributed by atoms with van der Waals surface area (Å²) in [7, 11) is -10.1. The molecule has 2 amide bonds. The van der Waals surface area contributed by atoms with Crippen LogP contribution >= 0.6 is 10.2 Å². The molecule has 0 spiro atoms. The van der Waals surface area contributed by atoms with E-state index < -0.39 is 75.1 Å². The summed E-state index contributed by atoms with van der Waals surface area (Å²) in [6, 6.07) is -2.54. The summed E-state index contributed by atoms with van der Waals surface area (Å²) < 4.78 is 94.7. The fourth-order valence-electron chi connectivity index (χ4n) is 5.16. The minimum atomic E-state index is -10.1. The molecule has 9 nitrogen and oxygen atoms in total. The number of β-amino-alcohol motifs (C(OH)–C–C–N with tert-alkyl or cyclic N) is 1. The fourth-order valence-corrected chi connectivity index (χ4v) is 5.81. The van der Waals surface area contributed by atoms with Crippen LogP contribution in [0.2, 0.25) is 0 Å². The molecule has 0 bridgehead atoms. The molecule has 1 aliphatic carbocycles. The average molecular weight is 625 g/mol. The van der Waals surface area contributed by atoms with Gasteiger partial charge in [-0.3, -0.25) is 19.4 Å². The predicted octanol–water partition coefficient (Wildman–Crippen LogP) is 5.21. The Morgan fingerprint density at radius 2 is 1.69 bits per heavy atom. The maximum atomic E-state index is 14.0. The molecule has 17 heteroatoms. The van der Waals surface area contributed by atoms with Crippen LogP contribution in [0.15, 0.2) is 47.9 Å². The van der Waals surface area contributed by atoms with Crippen molar-refractivity contribution in [3.8, 4) is 6.19 Å². The van der Waals surface area contributed by atoms with Crippen molar-refractivity contribution >= 4 is 27.7 Å². The van der Waals surface area contributed by atoms with Crippen molar-refractivity contribution in [2.75, 3.05) is 11.4 Å². The number of halogens is 7. The smallest absolute Gasteiger partial charge is 0.310 e. The number of benzene rings is 1. The number of aliphatic hydroxyl groups is 1. The highest BCUT2D eigenvalue weighted by atomic mass is 32.5. The first-order valence-electron chi connectivity index (χ1n) is 12.7. The molecular formula is C25H27F7N6O3S. The van der Waals surface area contributed by atoms with E-state index >= 15 is 0 Å². The zero-order valence-corrected chi connectivity index (χ0v) is 22.9. The first-order valence-corrected chi connectivity index (χ1v) is 14.6. The van der Waals surface area contributed by atoms with Gasteiger partial charge in [-0.2, -0.15) is 5.26 Å². The SMILES string of the molecule is C[C@@]1(O)C[C@H](C(=O)N(c2ccc(S(F)(F)(F)(F)F)cc2)C(C(=O)NC2CCC(F)(F)CC2)c2cncnc2)N(C#N)C1. The number of anilines is 1. The summed E-state index contributed by atoms with van der Waals surface area (Å²) in [6.07, 6.45) is 3.62.